The molecule has 0 aliphatic carbocycles. The molecule has 0 aliphatic heterocycles. The van der Waals surface area contributed by atoms with Crippen LogP contribution in [0, 0.1) is 12.8 Å². The average Bonchev–Trinajstić information content (AvgIpc) is 2.32. The molecule has 1 rings (SSSR count). The predicted octanol–water partition coefficient (Wildman–Crippen LogP) is 3.30. The summed E-state index contributed by atoms with van der Waals surface area (Å²) in [5, 5.41) is 8.94. The zero-order valence-corrected chi connectivity index (χ0v) is 12.7. The van der Waals surface area contributed by atoms with Crippen LogP contribution in [0.4, 0.5) is 0 Å². The molecule has 0 saturated carbocycles. The lowest BCUT2D eigenvalue weighted by atomic mass is 10.1. The number of carboxylic acid groups (broad SMARTS) is 1. The van der Waals surface area contributed by atoms with Gasteiger partial charge in [-0.1, -0.05) is 41.9 Å². The molecule has 0 saturated heterocycles. The number of nitrogens with zero attached hydrogens (tertiary/aromatic N) is 1. The van der Waals surface area contributed by atoms with E-state index in [1.807, 2.05) is 0 Å². The first kappa shape index (κ1) is 15.2. The third-order valence-electron chi connectivity index (χ3n) is 3.04. The molecule has 1 N–H and O–H groups in total. The van der Waals surface area contributed by atoms with Gasteiger partial charge in [-0.15, -0.1) is 0 Å². The van der Waals surface area contributed by atoms with Crippen LogP contribution in [0.25, 0.3) is 0 Å². The molecule has 0 fully saturated rings. The van der Waals surface area contributed by atoms with Crippen LogP contribution in [0.1, 0.15) is 25.0 Å². The number of rotatable bonds is 6. The molecule has 4 heteroatoms. The fourth-order valence-electron chi connectivity index (χ4n) is 1.76. The van der Waals surface area contributed by atoms with Crippen LogP contribution >= 0.6 is 15.9 Å². The normalized spacial score (nSPS) is 12.7. The molecule has 0 bridgehead atoms. The van der Waals surface area contributed by atoms with Crippen molar-refractivity contribution in [3.05, 3.63) is 33.8 Å². The third kappa shape index (κ3) is 4.42. The Morgan fingerprint density at radius 2 is 2.17 bits per heavy atom. The standard InChI is InChI=1S/C14H20BrNO2/c1-4-16(8-11(3)14(17)18)9-12-6-5-10(2)13(15)7-12/h5-7,11H,4,8-9H2,1-3H3,(H,17,18). The Kier molecular flexibility index (Phi) is 5.82. The molecular weight excluding hydrogens is 294 g/mol. The quantitative estimate of drug-likeness (QED) is 0.876. The first-order valence-corrected chi connectivity index (χ1v) is 6.93. The second-order valence-corrected chi connectivity index (χ2v) is 5.50. The Balaban J connectivity index is 2.67. The highest BCUT2D eigenvalue weighted by Gasteiger charge is 2.15. The van der Waals surface area contributed by atoms with E-state index in [-0.39, 0.29) is 5.92 Å². The fourth-order valence-corrected chi connectivity index (χ4v) is 2.19. The monoisotopic (exact) mass is 313 g/mol. The summed E-state index contributed by atoms with van der Waals surface area (Å²) >= 11 is 3.52. The van der Waals surface area contributed by atoms with Gasteiger partial charge in [-0.2, -0.15) is 0 Å². The van der Waals surface area contributed by atoms with Gasteiger partial charge >= 0.3 is 5.97 Å². The van der Waals surface area contributed by atoms with Crippen molar-refractivity contribution in [1.29, 1.82) is 0 Å². The van der Waals surface area contributed by atoms with Gasteiger partial charge in [0.15, 0.2) is 0 Å². The van der Waals surface area contributed by atoms with Gasteiger partial charge in [0.1, 0.15) is 0 Å². The molecule has 18 heavy (non-hydrogen) atoms. The zero-order chi connectivity index (χ0) is 13.7. The zero-order valence-electron chi connectivity index (χ0n) is 11.1. The van der Waals surface area contributed by atoms with E-state index < -0.39 is 5.97 Å². The van der Waals surface area contributed by atoms with E-state index in [1.54, 1.807) is 6.92 Å². The van der Waals surface area contributed by atoms with Crippen LogP contribution in [0.5, 0.6) is 0 Å². The Morgan fingerprint density at radius 1 is 1.50 bits per heavy atom. The van der Waals surface area contributed by atoms with Gasteiger partial charge in [-0.3, -0.25) is 9.69 Å². The van der Waals surface area contributed by atoms with E-state index >= 15 is 0 Å². The van der Waals surface area contributed by atoms with Gasteiger partial charge in [0.2, 0.25) is 0 Å². The molecule has 100 valence electrons. The number of carbonyl (C=O) groups is 1. The first-order valence-electron chi connectivity index (χ1n) is 6.14. The Labute approximate surface area is 117 Å². The third-order valence-corrected chi connectivity index (χ3v) is 3.90. The van der Waals surface area contributed by atoms with Crippen LogP contribution in [0.3, 0.4) is 0 Å². The van der Waals surface area contributed by atoms with Crippen LogP contribution in [0.15, 0.2) is 22.7 Å². The Bertz CT molecular complexity index is 420. The minimum Gasteiger partial charge on any atom is -0.481 e. The topological polar surface area (TPSA) is 40.5 Å². The van der Waals surface area contributed by atoms with Gasteiger partial charge in [0.25, 0.3) is 0 Å². The van der Waals surface area contributed by atoms with E-state index in [1.165, 1.54) is 11.1 Å². The smallest absolute Gasteiger partial charge is 0.307 e. The van der Waals surface area contributed by atoms with E-state index in [2.05, 4.69) is 52.9 Å². The van der Waals surface area contributed by atoms with Crippen LogP contribution in [0.2, 0.25) is 0 Å². The number of aryl methyl sites for hydroxylation is 1. The molecule has 0 heterocycles. The van der Waals surface area contributed by atoms with Crippen molar-refractivity contribution in [2.24, 2.45) is 5.92 Å². The molecule has 0 aromatic heterocycles. The molecular formula is C14H20BrNO2. The summed E-state index contributed by atoms with van der Waals surface area (Å²) in [4.78, 5) is 13.0. The summed E-state index contributed by atoms with van der Waals surface area (Å²) in [5.41, 5.74) is 2.41. The molecule has 1 unspecified atom stereocenters. The SMILES string of the molecule is CCN(Cc1ccc(C)c(Br)c1)CC(C)C(=O)O. The molecule has 0 aliphatic rings. The average molecular weight is 314 g/mol. The predicted molar refractivity (Wildman–Crippen MR) is 76.6 cm³/mol. The van der Waals surface area contributed by atoms with E-state index in [4.69, 9.17) is 5.11 Å². The highest BCUT2D eigenvalue weighted by Crippen LogP contribution is 2.18. The first-order chi connectivity index (χ1) is 8.43. The largest absolute Gasteiger partial charge is 0.481 e. The minimum atomic E-state index is -0.737. The molecule has 3 nitrogen and oxygen atoms in total. The summed E-state index contributed by atoms with van der Waals surface area (Å²) in [6.45, 7) is 8.07. The number of carboxylic acids is 1. The number of benzene rings is 1. The molecule has 1 atom stereocenters. The van der Waals surface area contributed by atoms with E-state index in [0.29, 0.717) is 6.54 Å². The highest BCUT2D eigenvalue weighted by molar-refractivity contribution is 9.10. The summed E-state index contributed by atoms with van der Waals surface area (Å²) in [6, 6.07) is 6.27. The van der Waals surface area contributed by atoms with E-state index in [0.717, 1.165) is 17.6 Å². The highest BCUT2D eigenvalue weighted by atomic mass is 79.9. The van der Waals surface area contributed by atoms with Gasteiger partial charge in [-0.05, 0) is 30.7 Å². The fraction of sp³-hybridized carbons (Fsp3) is 0.500. The van der Waals surface area contributed by atoms with Crippen molar-refractivity contribution in [3.63, 3.8) is 0 Å². The number of hydrogen-bond acceptors (Lipinski definition) is 2. The number of hydrogen-bond donors (Lipinski definition) is 1. The van der Waals surface area contributed by atoms with Crippen LogP contribution in [-0.2, 0) is 11.3 Å². The van der Waals surface area contributed by atoms with Crippen LogP contribution < -0.4 is 0 Å². The van der Waals surface area contributed by atoms with Crippen molar-refractivity contribution in [2.75, 3.05) is 13.1 Å². The summed E-state index contributed by atoms with van der Waals surface area (Å²) in [6.07, 6.45) is 0. The van der Waals surface area contributed by atoms with Gasteiger partial charge < -0.3 is 5.11 Å². The number of aliphatic carboxylic acids is 1. The van der Waals surface area contributed by atoms with E-state index in [9.17, 15) is 4.79 Å². The van der Waals surface area contributed by atoms with Crippen molar-refractivity contribution >= 4 is 21.9 Å². The lowest BCUT2D eigenvalue weighted by molar-refractivity contribution is -0.141. The van der Waals surface area contributed by atoms with Crippen molar-refractivity contribution in [3.8, 4) is 0 Å². The van der Waals surface area contributed by atoms with Crippen molar-refractivity contribution in [1.82, 2.24) is 4.90 Å². The maximum atomic E-state index is 10.9. The maximum absolute atomic E-state index is 10.9. The summed E-state index contributed by atoms with van der Waals surface area (Å²) in [7, 11) is 0. The lowest BCUT2D eigenvalue weighted by Crippen LogP contribution is -2.31. The Hall–Kier alpha value is -0.870. The van der Waals surface area contributed by atoms with Crippen molar-refractivity contribution < 1.29 is 9.90 Å². The summed E-state index contributed by atoms with van der Waals surface area (Å²) < 4.78 is 1.10. The van der Waals surface area contributed by atoms with Gasteiger partial charge in [0, 0.05) is 17.6 Å². The second kappa shape index (κ2) is 6.90. The van der Waals surface area contributed by atoms with Gasteiger partial charge in [-0.25, -0.2) is 0 Å². The molecule has 1 aromatic rings. The molecule has 0 amide bonds. The maximum Gasteiger partial charge on any atom is 0.307 e. The van der Waals surface area contributed by atoms with Crippen LogP contribution in [-0.4, -0.2) is 29.1 Å². The Morgan fingerprint density at radius 3 is 2.67 bits per heavy atom. The lowest BCUT2D eigenvalue weighted by Gasteiger charge is -2.22. The van der Waals surface area contributed by atoms with Gasteiger partial charge in [0.05, 0.1) is 5.92 Å². The van der Waals surface area contributed by atoms with Crippen molar-refractivity contribution in [2.45, 2.75) is 27.3 Å². The molecule has 1 aromatic carbocycles. The minimum absolute atomic E-state index is 0.334. The summed E-state index contributed by atoms with van der Waals surface area (Å²) in [5.74, 6) is -1.07. The second-order valence-electron chi connectivity index (χ2n) is 4.65. The molecule has 0 spiro atoms. The number of halogens is 1. The molecule has 0 radical (unpaired) electrons.